The number of nitrogen functional groups attached to an aromatic ring is 1. The van der Waals surface area contributed by atoms with E-state index < -0.39 is 17.7 Å². The van der Waals surface area contributed by atoms with Crippen molar-refractivity contribution in [3.05, 3.63) is 29.3 Å². The van der Waals surface area contributed by atoms with Crippen molar-refractivity contribution >= 4 is 23.4 Å². The molecule has 1 heterocycles. The molecule has 6 nitrogen and oxygen atoms in total. The van der Waals surface area contributed by atoms with Crippen LogP contribution in [0.25, 0.3) is 0 Å². The molecule has 0 bridgehead atoms. The van der Waals surface area contributed by atoms with Gasteiger partial charge in [0, 0.05) is 18.7 Å². The summed E-state index contributed by atoms with van der Waals surface area (Å²) in [6, 6.07) is 4.63. The zero-order valence-corrected chi connectivity index (χ0v) is 10.6. The third-order valence-corrected chi connectivity index (χ3v) is 2.96. The minimum absolute atomic E-state index is 0.0964. The van der Waals surface area contributed by atoms with E-state index >= 15 is 0 Å². The fourth-order valence-corrected chi connectivity index (χ4v) is 2.02. The van der Waals surface area contributed by atoms with Crippen molar-refractivity contribution < 1.29 is 14.4 Å². The first-order valence-corrected chi connectivity index (χ1v) is 6.08. The van der Waals surface area contributed by atoms with Gasteiger partial charge in [0.1, 0.15) is 0 Å². The molecule has 0 saturated heterocycles. The topological polar surface area (TPSA) is 92.5 Å². The quantitative estimate of drug-likeness (QED) is 0.464. The molecule has 1 aromatic rings. The number of hydrogen-bond donors (Lipinski definition) is 2. The van der Waals surface area contributed by atoms with E-state index in [2.05, 4.69) is 5.32 Å². The first-order chi connectivity index (χ1) is 9.07. The highest BCUT2D eigenvalue weighted by molar-refractivity contribution is 6.30. The van der Waals surface area contributed by atoms with Crippen LogP contribution in [0.5, 0.6) is 0 Å². The molecule has 100 valence electrons. The Hall–Kier alpha value is -2.21. The number of anilines is 1. The van der Waals surface area contributed by atoms with Gasteiger partial charge in [-0.15, -0.1) is 0 Å². The summed E-state index contributed by atoms with van der Waals surface area (Å²) in [5.74, 6) is -1.72. The molecular formula is C13H15N3O3. The molecule has 0 fully saturated rings. The van der Waals surface area contributed by atoms with Crippen LogP contribution in [0.4, 0.5) is 5.69 Å². The van der Waals surface area contributed by atoms with Crippen molar-refractivity contribution in [2.24, 2.45) is 0 Å². The second-order valence-electron chi connectivity index (χ2n) is 4.21. The van der Waals surface area contributed by atoms with Crippen LogP contribution in [0.15, 0.2) is 18.2 Å². The number of hydrogen-bond acceptors (Lipinski definition) is 5. The molecule has 0 saturated carbocycles. The number of imide groups is 3. The van der Waals surface area contributed by atoms with Gasteiger partial charge < -0.3 is 11.1 Å². The van der Waals surface area contributed by atoms with E-state index in [9.17, 15) is 14.4 Å². The first-order valence-electron chi connectivity index (χ1n) is 6.08. The fourth-order valence-electron chi connectivity index (χ4n) is 2.02. The molecule has 0 atom stereocenters. The Kier molecular flexibility index (Phi) is 3.62. The van der Waals surface area contributed by atoms with E-state index in [1.807, 2.05) is 6.92 Å². The summed E-state index contributed by atoms with van der Waals surface area (Å²) in [6.45, 7) is 3.06. The second-order valence-corrected chi connectivity index (χ2v) is 4.21. The Morgan fingerprint density at radius 2 is 2.05 bits per heavy atom. The standard InChI is InChI=1S/C13H15N3O3/c1-2-15-7-6-10(17)16-12(18)8-4-3-5-9(14)11(8)13(16)19/h3-5,15H,2,6-7,14H2,1H3. The van der Waals surface area contributed by atoms with E-state index in [1.165, 1.54) is 12.1 Å². The van der Waals surface area contributed by atoms with Crippen LogP contribution in [0, 0.1) is 0 Å². The third kappa shape index (κ3) is 2.22. The summed E-state index contributed by atoms with van der Waals surface area (Å²) < 4.78 is 0. The van der Waals surface area contributed by atoms with Crippen molar-refractivity contribution in [1.29, 1.82) is 0 Å². The van der Waals surface area contributed by atoms with Gasteiger partial charge in [-0.3, -0.25) is 14.4 Å². The highest BCUT2D eigenvalue weighted by Gasteiger charge is 2.40. The van der Waals surface area contributed by atoms with Crippen LogP contribution < -0.4 is 11.1 Å². The summed E-state index contributed by atoms with van der Waals surface area (Å²) in [4.78, 5) is 36.7. The number of nitrogens with two attached hydrogens (primary N) is 1. The number of benzene rings is 1. The largest absolute Gasteiger partial charge is 0.398 e. The smallest absolute Gasteiger partial charge is 0.270 e. The van der Waals surface area contributed by atoms with E-state index in [4.69, 9.17) is 5.73 Å². The minimum Gasteiger partial charge on any atom is -0.398 e. The molecule has 1 aliphatic rings. The number of fused-ring (bicyclic) bond motifs is 1. The van der Waals surface area contributed by atoms with Crippen molar-refractivity contribution in [1.82, 2.24) is 10.2 Å². The Labute approximate surface area is 110 Å². The Balaban J connectivity index is 2.23. The number of carbonyl (C=O) groups is 3. The second kappa shape index (κ2) is 5.19. The molecule has 2 rings (SSSR count). The molecule has 0 aromatic heterocycles. The van der Waals surface area contributed by atoms with Gasteiger partial charge in [-0.1, -0.05) is 13.0 Å². The van der Waals surface area contributed by atoms with Gasteiger partial charge in [-0.2, -0.15) is 0 Å². The lowest BCUT2D eigenvalue weighted by Gasteiger charge is -2.11. The van der Waals surface area contributed by atoms with Crippen molar-refractivity contribution in [2.45, 2.75) is 13.3 Å². The average molecular weight is 261 g/mol. The van der Waals surface area contributed by atoms with Gasteiger partial charge in [0.05, 0.1) is 11.1 Å². The Morgan fingerprint density at radius 3 is 2.68 bits per heavy atom. The average Bonchev–Trinajstić information content (AvgIpc) is 2.63. The fraction of sp³-hybridized carbons (Fsp3) is 0.308. The van der Waals surface area contributed by atoms with Crippen molar-refractivity contribution in [3.8, 4) is 0 Å². The summed E-state index contributed by atoms with van der Waals surface area (Å²) in [6.07, 6.45) is 0.0964. The maximum absolute atomic E-state index is 12.1. The minimum atomic E-state index is -0.625. The predicted octanol–water partition coefficient (Wildman–Crippen LogP) is 0.391. The van der Waals surface area contributed by atoms with Gasteiger partial charge in [-0.05, 0) is 18.7 Å². The summed E-state index contributed by atoms with van der Waals surface area (Å²) in [7, 11) is 0. The van der Waals surface area contributed by atoms with E-state index in [0.717, 1.165) is 6.54 Å². The van der Waals surface area contributed by atoms with Crippen LogP contribution in [0.3, 0.4) is 0 Å². The van der Waals surface area contributed by atoms with Crippen LogP contribution in [-0.2, 0) is 4.79 Å². The lowest BCUT2D eigenvalue weighted by Crippen LogP contribution is -2.37. The molecule has 19 heavy (non-hydrogen) atoms. The van der Waals surface area contributed by atoms with Crippen LogP contribution in [-0.4, -0.2) is 35.7 Å². The molecular weight excluding hydrogens is 246 g/mol. The molecule has 0 unspecified atom stereocenters. The molecule has 1 aromatic carbocycles. The number of nitrogens with one attached hydrogen (secondary N) is 1. The van der Waals surface area contributed by atoms with E-state index in [0.29, 0.717) is 11.4 Å². The number of nitrogens with zero attached hydrogens (tertiary/aromatic N) is 1. The predicted molar refractivity (Wildman–Crippen MR) is 69.5 cm³/mol. The number of amides is 3. The maximum atomic E-state index is 12.1. The summed E-state index contributed by atoms with van der Waals surface area (Å²) >= 11 is 0. The van der Waals surface area contributed by atoms with Gasteiger partial charge in [0.2, 0.25) is 5.91 Å². The van der Waals surface area contributed by atoms with Gasteiger partial charge >= 0.3 is 0 Å². The maximum Gasteiger partial charge on any atom is 0.270 e. The van der Waals surface area contributed by atoms with Crippen molar-refractivity contribution in [3.63, 3.8) is 0 Å². The normalized spacial score (nSPS) is 13.8. The third-order valence-electron chi connectivity index (χ3n) is 2.96. The number of rotatable bonds is 4. The first kappa shape index (κ1) is 13.2. The molecule has 0 spiro atoms. The van der Waals surface area contributed by atoms with E-state index in [-0.39, 0.29) is 23.2 Å². The van der Waals surface area contributed by atoms with Gasteiger partial charge in [-0.25, -0.2) is 4.90 Å². The summed E-state index contributed by atoms with van der Waals surface area (Å²) in [5.41, 5.74) is 6.23. The SMILES string of the molecule is CCNCCC(=O)N1C(=O)c2cccc(N)c2C1=O. The molecule has 3 N–H and O–H groups in total. The number of carbonyl (C=O) groups excluding carboxylic acids is 3. The highest BCUT2D eigenvalue weighted by atomic mass is 16.2. The molecule has 6 heteroatoms. The zero-order valence-electron chi connectivity index (χ0n) is 10.6. The molecule has 0 aliphatic carbocycles. The van der Waals surface area contributed by atoms with E-state index in [1.54, 1.807) is 6.07 Å². The Bertz CT molecular complexity index is 554. The van der Waals surface area contributed by atoms with Crippen LogP contribution in [0.1, 0.15) is 34.1 Å². The van der Waals surface area contributed by atoms with Gasteiger partial charge in [0.25, 0.3) is 11.8 Å². The highest BCUT2D eigenvalue weighted by Crippen LogP contribution is 2.27. The zero-order chi connectivity index (χ0) is 14.0. The van der Waals surface area contributed by atoms with Crippen molar-refractivity contribution in [2.75, 3.05) is 18.8 Å². The molecule has 3 amide bonds. The van der Waals surface area contributed by atoms with Crippen LogP contribution in [0.2, 0.25) is 0 Å². The van der Waals surface area contributed by atoms with Crippen LogP contribution >= 0.6 is 0 Å². The molecule has 1 aliphatic heterocycles. The lowest BCUT2D eigenvalue weighted by molar-refractivity contribution is -0.126. The Morgan fingerprint density at radius 1 is 1.32 bits per heavy atom. The van der Waals surface area contributed by atoms with Gasteiger partial charge in [0.15, 0.2) is 0 Å². The monoisotopic (exact) mass is 261 g/mol. The molecule has 0 radical (unpaired) electrons. The lowest BCUT2D eigenvalue weighted by atomic mass is 10.1. The summed E-state index contributed by atoms with van der Waals surface area (Å²) in [5, 5.41) is 2.97.